The Hall–Kier alpha value is -2.81. The van der Waals surface area contributed by atoms with Gasteiger partial charge in [-0.15, -0.1) is 0 Å². The van der Waals surface area contributed by atoms with Crippen molar-refractivity contribution < 1.29 is 9.47 Å². The summed E-state index contributed by atoms with van der Waals surface area (Å²) in [6, 6.07) is 9.27. The molecule has 1 aromatic carbocycles. The number of anilines is 1. The predicted molar refractivity (Wildman–Crippen MR) is 78.1 cm³/mol. The first-order chi connectivity index (χ1) is 10.2. The van der Waals surface area contributed by atoms with Crippen molar-refractivity contribution in [2.45, 2.75) is 19.8 Å². The number of ether oxygens (including phenoxy) is 2. The first kappa shape index (κ1) is 14.6. The average molecular weight is 284 g/mol. The van der Waals surface area contributed by atoms with Crippen LogP contribution in [-0.2, 0) is 6.42 Å². The molecule has 21 heavy (non-hydrogen) atoms. The summed E-state index contributed by atoms with van der Waals surface area (Å²) in [6.07, 6.45) is 2.58. The number of nitrogens with two attached hydrogens (primary N) is 1. The van der Waals surface area contributed by atoms with Gasteiger partial charge < -0.3 is 15.2 Å². The maximum Gasteiger partial charge on any atom is 0.249 e. The van der Waals surface area contributed by atoms with Crippen molar-refractivity contribution in [3.8, 4) is 23.6 Å². The van der Waals surface area contributed by atoms with Crippen LogP contribution >= 0.6 is 0 Å². The molecule has 0 spiro atoms. The van der Waals surface area contributed by atoms with Crippen molar-refractivity contribution in [3.63, 3.8) is 0 Å². The zero-order valence-corrected chi connectivity index (χ0v) is 11.7. The number of hydrogen-bond acceptors (Lipinski definition) is 6. The largest absolute Gasteiger partial charge is 0.476 e. The minimum Gasteiger partial charge on any atom is -0.476 e. The fraction of sp³-hybridized carbons (Fsp3) is 0.267. The molecule has 0 fully saturated rings. The van der Waals surface area contributed by atoms with Gasteiger partial charge in [0.05, 0.1) is 19.1 Å². The van der Waals surface area contributed by atoms with Gasteiger partial charge in [0, 0.05) is 0 Å². The smallest absolute Gasteiger partial charge is 0.249 e. The SMILES string of the molecule is CCCOc1ncnc(Oc2ccc(CC#N)cc2)c1N. The van der Waals surface area contributed by atoms with E-state index in [4.69, 9.17) is 20.5 Å². The van der Waals surface area contributed by atoms with E-state index in [1.807, 2.05) is 19.1 Å². The summed E-state index contributed by atoms with van der Waals surface area (Å²) in [5.74, 6) is 1.16. The summed E-state index contributed by atoms with van der Waals surface area (Å²) < 4.78 is 11.0. The van der Waals surface area contributed by atoms with Crippen molar-refractivity contribution in [1.29, 1.82) is 5.26 Å². The monoisotopic (exact) mass is 284 g/mol. The van der Waals surface area contributed by atoms with Crippen LogP contribution in [0.15, 0.2) is 30.6 Å². The van der Waals surface area contributed by atoms with Crippen LogP contribution < -0.4 is 15.2 Å². The van der Waals surface area contributed by atoms with Gasteiger partial charge in [-0.3, -0.25) is 0 Å². The molecule has 0 saturated heterocycles. The number of benzene rings is 1. The summed E-state index contributed by atoms with van der Waals surface area (Å²) in [4.78, 5) is 7.99. The molecule has 1 heterocycles. The van der Waals surface area contributed by atoms with Gasteiger partial charge in [-0.2, -0.15) is 15.2 Å². The molecular formula is C15H16N4O2. The highest BCUT2D eigenvalue weighted by Gasteiger charge is 2.11. The maximum absolute atomic E-state index is 8.63. The zero-order chi connectivity index (χ0) is 15.1. The van der Waals surface area contributed by atoms with Crippen LogP contribution in [0.2, 0.25) is 0 Å². The van der Waals surface area contributed by atoms with Crippen molar-refractivity contribution in [1.82, 2.24) is 9.97 Å². The third-order valence-electron chi connectivity index (χ3n) is 2.67. The Labute approximate surface area is 123 Å². The van der Waals surface area contributed by atoms with Gasteiger partial charge in [-0.25, -0.2) is 0 Å². The first-order valence-electron chi connectivity index (χ1n) is 6.61. The van der Waals surface area contributed by atoms with Crippen LogP contribution in [0, 0.1) is 11.3 Å². The number of hydrogen-bond donors (Lipinski definition) is 1. The zero-order valence-electron chi connectivity index (χ0n) is 11.7. The lowest BCUT2D eigenvalue weighted by Gasteiger charge is -2.10. The van der Waals surface area contributed by atoms with E-state index < -0.39 is 0 Å². The fourth-order valence-electron chi connectivity index (χ4n) is 1.64. The summed E-state index contributed by atoms with van der Waals surface area (Å²) in [7, 11) is 0. The fourth-order valence-corrected chi connectivity index (χ4v) is 1.64. The molecule has 0 amide bonds. The highest BCUT2D eigenvalue weighted by Crippen LogP contribution is 2.30. The third-order valence-corrected chi connectivity index (χ3v) is 2.67. The number of nitrogens with zero attached hydrogens (tertiary/aromatic N) is 3. The Balaban J connectivity index is 2.13. The molecule has 6 nitrogen and oxygen atoms in total. The number of aromatic nitrogens is 2. The molecule has 1 aromatic heterocycles. The minimum absolute atomic E-state index is 0.254. The normalized spacial score (nSPS) is 9.90. The Bertz CT molecular complexity index is 635. The second-order valence-corrected chi connectivity index (χ2v) is 4.33. The van der Waals surface area contributed by atoms with Crippen LogP contribution in [0.1, 0.15) is 18.9 Å². The number of nitrogen functional groups attached to an aromatic ring is 1. The highest BCUT2D eigenvalue weighted by molar-refractivity contribution is 5.56. The molecule has 0 radical (unpaired) electrons. The molecule has 2 N–H and O–H groups in total. The van der Waals surface area contributed by atoms with E-state index in [0.717, 1.165) is 12.0 Å². The van der Waals surface area contributed by atoms with E-state index in [-0.39, 0.29) is 11.6 Å². The molecule has 0 aliphatic heterocycles. The molecular weight excluding hydrogens is 268 g/mol. The lowest BCUT2D eigenvalue weighted by atomic mass is 10.2. The van der Waals surface area contributed by atoms with Gasteiger partial charge in [0.2, 0.25) is 11.8 Å². The van der Waals surface area contributed by atoms with Gasteiger partial charge in [0.25, 0.3) is 0 Å². The number of rotatable bonds is 6. The van der Waals surface area contributed by atoms with Crippen LogP contribution in [-0.4, -0.2) is 16.6 Å². The molecule has 0 aliphatic rings. The van der Waals surface area contributed by atoms with Crippen LogP contribution in [0.3, 0.4) is 0 Å². The van der Waals surface area contributed by atoms with E-state index in [2.05, 4.69) is 16.0 Å². The van der Waals surface area contributed by atoms with E-state index in [9.17, 15) is 0 Å². The lowest BCUT2D eigenvalue weighted by Crippen LogP contribution is -2.04. The Morgan fingerprint density at radius 1 is 1.19 bits per heavy atom. The van der Waals surface area contributed by atoms with Gasteiger partial charge in [-0.1, -0.05) is 19.1 Å². The lowest BCUT2D eigenvalue weighted by molar-refractivity contribution is 0.304. The molecule has 2 aromatic rings. The molecule has 0 saturated carbocycles. The molecule has 108 valence electrons. The molecule has 2 rings (SSSR count). The molecule has 6 heteroatoms. The first-order valence-corrected chi connectivity index (χ1v) is 6.61. The van der Waals surface area contributed by atoms with Gasteiger partial charge >= 0.3 is 0 Å². The maximum atomic E-state index is 8.63. The van der Waals surface area contributed by atoms with Gasteiger partial charge in [0.15, 0.2) is 5.69 Å². The van der Waals surface area contributed by atoms with Crippen molar-refractivity contribution in [2.75, 3.05) is 12.3 Å². The molecule has 0 atom stereocenters. The van der Waals surface area contributed by atoms with Crippen molar-refractivity contribution >= 4 is 5.69 Å². The van der Waals surface area contributed by atoms with E-state index in [1.54, 1.807) is 12.1 Å². The van der Waals surface area contributed by atoms with Crippen molar-refractivity contribution in [3.05, 3.63) is 36.2 Å². The molecule has 0 bridgehead atoms. The number of nitriles is 1. The Morgan fingerprint density at radius 2 is 1.90 bits per heavy atom. The van der Waals surface area contributed by atoms with E-state index >= 15 is 0 Å². The topological polar surface area (TPSA) is 94.0 Å². The Kier molecular flexibility index (Phi) is 4.94. The predicted octanol–water partition coefficient (Wildman–Crippen LogP) is 2.71. The average Bonchev–Trinajstić information content (AvgIpc) is 2.50. The Morgan fingerprint density at radius 3 is 2.57 bits per heavy atom. The highest BCUT2D eigenvalue weighted by atomic mass is 16.5. The van der Waals surface area contributed by atoms with Gasteiger partial charge in [0.1, 0.15) is 12.1 Å². The standard InChI is InChI=1S/C15H16N4O2/c1-2-9-20-14-13(17)15(19-10-18-14)21-12-5-3-11(4-6-12)7-8-16/h3-6,10H,2,7,9,17H2,1H3. The van der Waals surface area contributed by atoms with Crippen molar-refractivity contribution in [2.24, 2.45) is 0 Å². The third kappa shape index (κ3) is 3.83. The van der Waals surface area contributed by atoms with Crippen LogP contribution in [0.25, 0.3) is 0 Å². The summed E-state index contributed by atoms with van der Waals surface area (Å²) in [5.41, 5.74) is 7.13. The minimum atomic E-state index is 0.254. The quantitative estimate of drug-likeness (QED) is 0.876. The molecule has 0 aliphatic carbocycles. The summed E-state index contributed by atoms with van der Waals surface area (Å²) >= 11 is 0. The summed E-state index contributed by atoms with van der Waals surface area (Å²) in [5, 5.41) is 8.63. The summed E-state index contributed by atoms with van der Waals surface area (Å²) in [6.45, 7) is 2.53. The van der Waals surface area contributed by atoms with Gasteiger partial charge in [-0.05, 0) is 24.1 Å². The van der Waals surface area contributed by atoms with Crippen LogP contribution in [0.4, 0.5) is 5.69 Å². The second-order valence-electron chi connectivity index (χ2n) is 4.33. The van der Waals surface area contributed by atoms with E-state index in [0.29, 0.717) is 24.7 Å². The van der Waals surface area contributed by atoms with E-state index in [1.165, 1.54) is 6.33 Å². The van der Waals surface area contributed by atoms with Crippen LogP contribution in [0.5, 0.6) is 17.5 Å². The second kappa shape index (κ2) is 7.10. The molecule has 0 unspecified atom stereocenters.